The molecule has 182 valence electrons. The van der Waals surface area contributed by atoms with E-state index in [1.165, 1.54) is 23.5 Å². The highest BCUT2D eigenvalue weighted by Gasteiger charge is 2.30. The summed E-state index contributed by atoms with van der Waals surface area (Å²) >= 11 is 1.52. The maximum Gasteiger partial charge on any atom is 0.416 e. The van der Waals surface area contributed by atoms with Crippen molar-refractivity contribution >= 4 is 23.0 Å². The summed E-state index contributed by atoms with van der Waals surface area (Å²) < 4.78 is 38.7. The molecule has 0 aliphatic heterocycles. The Morgan fingerprint density at radius 1 is 1.12 bits per heavy atom. The van der Waals surface area contributed by atoms with Crippen LogP contribution in [0.2, 0.25) is 0 Å². The highest BCUT2D eigenvalue weighted by molar-refractivity contribution is 7.15. The average Bonchev–Trinajstić information content (AvgIpc) is 3.22. The molecule has 0 bridgehead atoms. The molecule has 1 aromatic heterocycles. The fraction of sp³-hybridized carbons (Fsp3) is 0.385. The van der Waals surface area contributed by atoms with Crippen LogP contribution in [0.15, 0.2) is 42.5 Å². The fourth-order valence-electron chi connectivity index (χ4n) is 3.73. The smallest absolute Gasteiger partial charge is 0.416 e. The number of benzene rings is 2. The Bertz CT molecular complexity index is 1140. The van der Waals surface area contributed by atoms with Gasteiger partial charge in [0.1, 0.15) is 5.01 Å². The van der Waals surface area contributed by atoms with E-state index in [0.717, 1.165) is 44.5 Å². The average molecular weight is 491 g/mol. The van der Waals surface area contributed by atoms with Crippen molar-refractivity contribution in [1.29, 1.82) is 0 Å². The van der Waals surface area contributed by atoms with Gasteiger partial charge in [-0.3, -0.25) is 4.79 Å². The second-order valence-electron chi connectivity index (χ2n) is 8.82. The van der Waals surface area contributed by atoms with Crippen LogP contribution in [0.3, 0.4) is 0 Å². The highest BCUT2D eigenvalue weighted by atomic mass is 32.1. The molecule has 2 N–H and O–H groups in total. The maximum atomic E-state index is 12.9. The van der Waals surface area contributed by atoms with Gasteiger partial charge in [0, 0.05) is 35.0 Å². The molecule has 0 radical (unpaired) electrons. The first-order valence-corrected chi connectivity index (χ1v) is 12.0. The van der Waals surface area contributed by atoms with E-state index in [-0.39, 0.29) is 18.3 Å². The highest BCUT2D eigenvalue weighted by Crippen LogP contribution is 2.37. The number of hydrogen-bond acceptors (Lipinski definition) is 4. The lowest BCUT2D eigenvalue weighted by Crippen LogP contribution is -2.11. The predicted octanol–water partition coefficient (Wildman–Crippen LogP) is 7.49. The van der Waals surface area contributed by atoms with Gasteiger partial charge in [0.05, 0.1) is 11.3 Å². The second kappa shape index (κ2) is 10.6. The SMILES string of the molecule is Cc1cc(NCC(C)c2sc(-c3ccc(C(F)(F)F)cc3)nc2C(C)C)ccc1CCC(=O)O. The largest absolute Gasteiger partial charge is 0.481 e. The summed E-state index contributed by atoms with van der Waals surface area (Å²) in [5.41, 5.74) is 4.00. The van der Waals surface area contributed by atoms with E-state index in [1.807, 2.05) is 25.1 Å². The minimum Gasteiger partial charge on any atom is -0.481 e. The molecular formula is C26H29F3N2O2S. The Morgan fingerprint density at radius 2 is 1.79 bits per heavy atom. The second-order valence-corrected chi connectivity index (χ2v) is 9.85. The molecule has 0 saturated carbocycles. The first-order chi connectivity index (χ1) is 16.0. The van der Waals surface area contributed by atoms with Gasteiger partial charge in [0.2, 0.25) is 0 Å². The minimum absolute atomic E-state index is 0.106. The molecule has 8 heteroatoms. The van der Waals surface area contributed by atoms with Crippen LogP contribution in [0.4, 0.5) is 18.9 Å². The molecule has 0 saturated heterocycles. The molecule has 2 aromatic carbocycles. The van der Waals surface area contributed by atoms with Gasteiger partial charge < -0.3 is 10.4 Å². The van der Waals surface area contributed by atoms with E-state index in [1.54, 1.807) is 0 Å². The Morgan fingerprint density at radius 3 is 2.35 bits per heavy atom. The molecule has 0 spiro atoms. The molecule has 0 aliphatic carbocycles. The van der Waals surface area contributed by atoms with Crippen molar-refractivity contribution < 1.29 is 23.1 Å². The molecule has 0 amide bonds. The molecule has 0 fully saturated rings. The van der Waals surface area contributed by atoms with Crippen molar-refractivity contribution in [3.8, 4) is 10.6 Å². The lowest BCUT2D eigenvalue weighted by Gasteiger charge is -2.16. The van der Waals surface area contributed by atoms with E-state index >= 15 is 0 Å². The molecule has 1 unspecified atom stereocenters. The fourth-order valence-corrected chi connectivity index (χ4v) is 5.00. The number of nitrogens with one attached hydrogen (secondary N) is 1. The number of carbonyl (C=O) groups is 1. The Balaban J connectivity index is 1.74. The van der Waals surface area contributed by atoms with Crippen LogP contribution in [0.5, 0.6) is 0 Å². The standard InChI is InChI=1S/C26H29F3N2O2S/c1-15(2)23-24(34-25(31-23)19-5-9-20(10-6-19)26(27,28)29)17(4)14-30-21-11-7-18(16(3)13-21)8-12-22(32)33/h5-7,9-11,13,15,17,30H,8,12,14H2,1-4H3,(H,32,33). The van der Waals surface area contributed by atoms with Gasteiger partial charge in [-0.15, -0.1) is 11.3 Å². The van der Waals surface area contributed by atoms with Crippen LogP contribution in [0, 0.1) is 6.92 Å². The third-order valence-electron chi connectivity index (χ3n) is 5.70. The van der Waals surface area contributed by atoms with Gasteiger partial charge in [-0.05, 0) is 54.7 Å². The third-order valence-corrected chi connectivity index (χ3v) is 7.05. The van der Waals surface area contributed by atoms with Crippen LogP contribution >= 0.6 is 11.3 Å². The predicted molar refractivity (Wildman–Crippen MR) is 131 cm³/mol. The number of anilines is 1. The van der Waals surface area contributed by atoms with Crippen molar-refractivity contribution in [3.63, 3.8) is 0 Å². The van der Waals surface area contributed by atoms with E-state index in [9.17, 15) is 18.0 Å². The van der Waals surface area contributed by atoms with Crippen molar-refractivity contribution in [2.24, 2.45) is 0 Å². The molecule has 34 heavy (non-hydrogen) atoms. The topological polar surface area (TPSA) is 62.2 Å². The summed E-state index contributed by atoms with van der Waals surface area (Å²) in [5, 5.41) is 13.1. The zero-order valence-electron chi connectivity index (χ0n) is 19.7. The number of nitrogens with zero attached hydrogens (tertiary/aromatic N) is 1. The molecular weight excluding hydrogens is 461 g/mol. The monoisotopic (exact) mass is 490 g/mol. The van der Waals surface area contributed by atoms with E-state index in [4.69, 9.17) is 10.1 Å². The maximum absolute atomic E-state index is 12.9. The van der Waals surface area contributed by atoms with Gasteiger partial charge in [0.25, 0.3) is 0 Å². The molecule has 3 rings (SSSR count). The first-order valence-electron chi connectivity index (χ1n) is 11.2. The Labute approximate surface area is 201 Å². The van der Waals surface area contributed by atoms with Crippen molar-refractivity contribution in [2.75, 3.05) is 11.9 Å². The van der Waals surface area contributed by atoms with Crippen molar-refractivity contribution in [2.45, 2.75) is 58.5 Å². The van der Waals surface area contributed by atoms with Gasteiger partial charge >= 0.3 is 12.1 Å². The zero-order valence-corrected chi connectivity index (χ0v) is 20.5. The number of carboxylic acid groups (broad SMARTS) is 1. The number of rotatable bonds is 9. The summed E-state index contributed by atoms with van der Waals surface area (Å²) in [5.74, 6) is -0.477. The lowest BCUT2D eigenvalue weighted by atomic mass is 10.0. The van der Waals surface area contributed by atoms with Crippen LogP contribution in [-0.4, -0.2) is 22.6 Å². The normalized spacial score (nSPS) is 12.7. The number of aliphatic carboxylic acids is 1. The minimum atomic E-state index is -4.36. The molecule has 1 atom stereocenters. The summed E-state index contributed by atoms with van der Waals surface area (Å²) in [6.07, 6.45) is -3.75. The first kappa shape index (κ1) is 25.7. The molecule has 0 aliphatic rings. The van der Waals surface area contributed by atoms with E-state index in [0.29, 0.717) is 18.5 Å². The number of aromatic nitrogens is 1. The number of hydrogen-bond donors (Lipinski definition) is 2. The van der Waals surface area contributed by atoms with Crippen LogP contribution in [0.1, 0.15) is 66.3 Å². The van der Waals surface area contributed by atoms with Gasteiger partial charge in [-0.25, -0.2) is 4.98 Å². The van der Waals surface area contributed by atoms with Crippen LogP contribution in [-0.2, 0) is 17.4 Å². The quantitative estimate of drug-likeness (QED) is 0.326. The number of alkyl halides is 3. The third kappa shape index (κ3) is 6.38. The van der Waals surface area contributed by atoms with Crippen LogP contribution < -0.4 is 5.32 Å². The van der Waals surface area contributed by atoms with Gasteiger partial charge in [-0.1, -0.05) is 39.0 Å². The summed E-state index contributed by atoms with van der Waals surface area (Å²) in [7, 11) is 0. The zero-order chi connectivity index (χ0) is 25.0. The summed E-state index contributed by atoms with van der Waals surface area (Å²) in [6.45, 7) is 8.88. The van der Waals surface area contributed by atoms with E-state index < -0.39 is 17.7 Å². The molecule has 4 nitrogen and oxygen atoms in total. The number of thiazole rings is 1. The number of halogens is 3. The van der Waals surface area contributed by atoms with Gasteiger partial charge in [0.15, 0.2) is 0 Å². The summed E-state index contributed by atoms with van der Waals surface area (Å²) in [4.78, 5) is 16.7. The van der Waals surface area contributed by atoms with E-state index in [2.05, 4.69) is 26.1 Å². The Kier molecular flexibility index (Phi) is 8.02. The van der Waals surface area contributed by atoms with Gasteiger partial charge in [-0.2, -0.15) is 13.2 Å². The Hall–Kier alpha value is -2.87. The van der Waals surface area contributed by atoms with Crippen molar-refractivity contribution in [3.05, 3.63) is 69.7 Å². The lowest BCUT2D eigenvalue weighted by molar-refractivity contribution is -0.138. The summed E-state index contributed by atoms with van der Waals surface area (Å²) in [6, 6.07) is 11.1. The number of aryl methyl sites for hydroxylation is 2. The number of carboxylic acids is 1. The van der Waals surface area contributed by atoms with Crippen LogP contribution in [0.25, 0.3) is 10.6 Å². The molecule has 3 aromatic rings. The van der Waals surface area contributed by atoms with Crippen molar-refractivity contribution in [1.82, 2.24) is 4.98 Å². The molecule has 1 heterocycles.